The number of ether oxygens (including phenoxy) is 1. The SMILES string of the molecule is CC(C)(C)OC(=O)Nc1ccc(-c2c(C#N)c3ccc(N4CCS(=O)CC4)cc3n2C2CCC2)cc1. The minimum Gasteiger partial charge on any atom is -0.444 e. The van der Waals surface area contributed by atoms with Crippen LogP contribution < -0.4 is 10.2 Å². The third-order valence-electron chi connectivity index (χ3n) is 6.89. The maximum absolute atomic E-state index is 12.2. The molecule has 2 fully saturated rings. The number of nitrogens with one attached hydrogen (secondary N) is 1. The Morgan fingerprint density at radius 1 is 1.11 bits per heavy atom. The van der Waals surface area contributed by atoms with Crippen LogP contribution in [-0.2, 0) is 15.5 Å². The van der Waals surface area contributed by atoms with Crippen LogP contribution in [0.2, 0.25) is 0 Å². The lowest BCUT2D eigenvalue weighted by Crippen LogP contribution is -2.37. The molecule has 0 bridgehead atoms. The molecule has 2 heterocycles. The minimum atomic E-state index is -0.727. The van der Waals surface area contributed by atoms with Gasteiger partial charge in [-0.1, -0.05) is 12.1 Å². The molecule has 2 aliphatic rings. The smallest absolute Gasteiger partial charge is 0.412 e. The van der Waals surface area contributed by atoms with Crippen molar-refractivity contribution in [2.75, 3.05) is 34.8 Å². The second-order valence-electron chi connectivity index (χ2n) is 10.5. The number of hydrogen-bond donors (Lipinski definition) is 1. The molecule has 1 aromatic heterocycles. The molecule has 1 aliphatic carbocycles. The van der Waals surface area contributed by atoms with E-state index in [1.165, 1.54) is 6.42 Å². The zero-order valence-corrected chi connectivity index (χ0v) is 21.9. The highest BCUT2D eigenvalue weighted by atomic mass is 32.2. The molecular formula is C28H32N4O3S. The average molecular weight is 505 g/mol. The number of rotatable bonds is 4. The topological polar surface area (TPSA) is 87.4 Å². The second kappa shape index (κ2) is 9.62. The van der Waals surface area contributed by atoms with Crippen molar-refractivity contribution >= 4 is 39.2 Å². The first kappa shape index (κ1) is 24.4. The molecule has 1 saturated heterocycles. The van der Waals surface area contributed by atoms with Gasteiger partial charge in [0.25, 0.3) is 0 Å². The number of aromatic nitrogens is 1. The number of nitriles is 1. The Kier molecular flexibility index (Phi) is 6.52. The van der Waals surface area contributed by atoms with E-state index in [9.17, 15) is 14.3 Å². The third kappa shape index (κ3) is 4.85. The fourth-order valence-electron chi connectivity index (χ4n) is 4.95. The van der Waals surface area contributed by atoms with Crippen molar-refractivity contribution in [3.8, 4) is 17.3 Å². The Hall–Kier alpha value is -3.31. The molecule has 1 aliphatic heterocycles. The number of benzene rings is 2. The van der Waals surface area contributed by atoms with Gasteiger partial charge < -0.3 is 14.2 Å². The fraction of sp³-hybridized carbons (Fsp3) is 0.429. The van der Waals surface area contributed by atoms with E-state index >= 15 is 0 Å². The van der Waals surface area contributed by atoms with Gasteiger partial charge in [-0.3, -0.25) is 9.53 Å². The summed E-state index contributed by atoms with van der Waals surface area (Å²) in [5, 5.41) is 13.9. The highest BCUT2D eigenvalue weighted by molar-refractivity contribution is 7.85. The van der Waals surface area contributed by atoms with Gasteiger partial charge in [-0.05, 0) is 75.9 Å². The van der Waals surface area contributed by atoms with E-state index in [1.807, 2.05) is 45.0 Å². The van der Waals surface area contributed by atoms with Gasteiger partial charge in [0, 0.05) is 58.2 Å². The van der Waals surface area contributed by atoms with E-state index in [0.717, 1.165) is 53.8 Å². The summed E-state index contributed by atoms with van der Waals surface area (Å²) in [6.07, 6.45) is 2.87. The summed E-state index contributed by atoms with van der Waals surface area (Å²) in [4.78, 5) is 14.5. The normalized spacial score (nSPS) is 17.0. The zero-order chi connectivity index (χ0) is 25.4. The van der Waals surface area contributed by atoms with Crippen LogP contribution in [-0.4, -0.2) is 45.1 Å². The molecule has 36 heavy (non-hydrogen) atoms. The predicted octanol–water partition coefficient (Wildman–Crippen LogP) is 5.82. The second-order valence-corrected chi connectivity index (χ2v) is 12.2. The molecule has 1 saturated carbocycles. The van der Waals surface area contributed by atoms with Crippen molar-refractivity contribution in [3.63, 3.8) is 0 Å². The van der Waals surface area contributed by atoms with Crippen molar-refractivity contribution in [2.24, 2.45) is 0 Å². The first-order valence-corrected chi connectivity index (χ1v) is 14.0. The summed E-state index contributed by atoms with van der Waals surface area (Å²) in [5.74, 6) is 1.39. The molecule has 1 amide bonds. The van der Waals surface area contributed by atoms with E-state index in [0.29, 0.717) is 28.8 Å². The van der Waals surface area contributed by atoms with Crippen LogP contribution in [0.3, 0.4) is 0 Å². The van der Waals surface area contributed by atoms with Gasteiger partial charge in [-0.15, -0.1) is 0 Å². The quantitative estimate of drug-likeness (QED) is 0.484. The monoisotopic (exact) mass is 504 g/mol. The molecule has 0 radical (unpaired) electrons. The number of hydrogen-bond acceptors (Lipinski definition) is 5. The van der Waals surface area contributed by atoms with Crippen LogP contribution in [0, 0.1) is 11.3 Å². The third-order valence-corrected chi connectivity index (χ3v) is 8.16. The Morgan fingerprint density at radius 3 is 2.39 bits per heavy atom. The maximum atomic E-state index is 12.2. The van der Waals surface area contributed by atoms with Gasteiger partial charge in [-0.25, -0.2) is 4.79 Å². The van der Waals surface area contributed by atoms with Gasteiger partial charge >= 0.3 is 6.09 Å². The number of carbonyl (C=O) groups is 1. The lowest BCUT2D eigenvalue weighted by molar-refractivity contribution is 0.0636. The van der Waals surface area contributed by atoms with Gasteiger partial charge in [0.15, 0.2) is 0 Å². The van der Waals surface area contributed by atoms with Crippen LogP contribution in [0.5, 0.6) is 0 Å². The van der Waals surface area contributed by atoms with E-state index in [2.05, 4.69) is 39.1 Å². The minimum absolute atomic E-state index is 0.355. The zero-order valence-electron chi connectivity index (χ0n) is 21.0. The van der Waals surface area contributed by atoms with E-state index in [4.69, 9.17) is 4.74 Å². The fourth-order valence-corrected chi connectivity index (χ4v) is 6.00. The van der Waals surface area contributed by atoms with Gasteiger partial charge in [0.1, 0.15) is 11.7 Å². The maximum Gasteiger partial charge on any atom is 0.412 e. The summed E-state index contributed by atoms with van der Waals surface area (Å²) in [6, 6.07) is 16.8. The van der Waals surface area contributed by atoms with Crippen molar-refractivity contribution in [3.05, 3.63) is 48.0 Å². The molecule has 3 aromatic rings. The summed E-state index contributed by atoms with van der Waals surface area (Å²) >= 11 is 0. The highest BCUT2D eigenvalue weighted by Crippen LogP contribution is 2.43. The molecule has 7 nitrogen and oxygen atoms in total. The largest absolute Gasteiger partial charge is 0.444 e. The van der Waals surface area contributed by atoms with Crippen molar-refractivity contribution < 1.29 is 13.7 Å². The standard InChI is InChI=1S/C28H32N4O3S/c1-28(2,3)35-27(33)30-20-9-7-19(8-10-20)26-24(18-29)23-12-11-22(31-13-15-36(34)16-14-31)17-25(23)32(26)21-5-4-6-21/h7-12,17,21H,4-6,13-16H2,1-3H3,(H,30,33). The van der Waals surface area contributed by atoms with E-state index in [1.54, 1.807) is 0 Å². The van der Waals surface area contributed by atoms with Crippen molar-refractivity contribution in [1.29, 1.82) is 5.26 Å². The first-order chi connectivity index (χ1) is 17.2. The van der Waals surface area contributed by atoms with Gasteiger partial charge in [-0.2, -0.15) is 5.26 Å². The molecule has 0 atom stereocenters. The molecule has 5 rings (SSSR count). The molecule has 0 spiro atoms. The first-order valence-electron chi connectivity index (χ1n) is 12.5. The molecule has 0 unspecified atom stereocenters. The summed E-state index contributed by atoms with van der Waals surface area (Å²) in [7, 11) is -0.727. The average Bonchev–Trinajstić information content (AvgIpc) is 3.11. The van der Waals surface area contributed by atoms with Crippen LogP contribution in [0.4, 0.5) is 16.2 Å². The predicted molar refractivity (Wildman–Crippen MR) is 145 cm³/mol. The molecular weight excluding hydrogens is 472 g/mol. The van der Waals surface area contributed by atoms with Crippen LogP contribution in [0.15, 0.2) is 42.5 Å². The Balaban J connectivity index is 1.53. The lowest BCUT2D eigenvalue weighted by atomic mass is 9.92. The summed E-state index contributed by atoms with van der Waals surface area (Å²) < 4.78 is 19.5. The Bertz CT molecular complexity index is 1350. The lowest BCUT2D eigenvalue weighted by Gasteiger charge is -2.31. The van der Waals surface area contributed by atoms with E-state index in [-0.39, 0.29) is 0 Å². The number of fused-ring (bicyclic) bond motifs is 1. The van der Waals surface area contributed by atoms with Crippen LogP contribution >= 0.6 is 0 Å². The summed E-state index contributed by atoms with van der Waals surface area (Å²) in [5.41, 5.74) is 4.81. The van der Waals surface area contributed by atoms with Crippen molar-refractivity contribution in [2.45, 2.75) is 51.7 Å². The number of amides is 1. The number of nitrogens with zero attached hydrogens (tertiary/aromatic N) is 3. The Labute approximate surface area is 214 Å². The Morgan fingerprint density at radius 2 is 1.81 bits per heavy atom. The molecule has 8 heteroatoms. The van der Waals surface area contributed by atoms with E-state index < -0.39 is 22.5 Å². The van der Waals surface area contributed by atoms with Crippen LogP contribution in [0.1, 0.15) is 51.6 Å². The van der Waals surface area contributed by atoms with Gasteiger partial charge in [0.05, 0.1) is 16.8 Å². The van der Waals surface area contributed by atoms with Gasteiger partial charge in [0.2, 0.25) is 0 Å². The number of anilines is 2. The summed E-state index contributed by atoms with van der Waals surface area (Å²) in [6.45, 7) is 7.06. The molecule has 188 valence electrons. The number of carbonyl (C=O) groups excluding carboxylic acids is 1. The highest BCUT2D eigenvalue weighted by Gasteiger charge is 2.28. The molecule has 1 N–H and O–H groups in total. The van der Waals surface area contributed by atoms with Crippen LogP contribution in [0.25, 0.3) is 22.2 Å². The molecule has 2 aromatic carbocycles. The van der Waals surface area contributed by atoms with Crippen molar-refractivity contribution in [1.82, 2.24) is 4.57 Å².